The van der Waals surface area contributed by atoms with E-state index in [0.717, 1.165) is 5.39 Å². The van der Waals surface area contributed by atoms with Gasteiger partial charge in [0, 0.05) is 0 Å². The van der Waals surface area contributed by atoms with Crippen LogP contribution in [0, 0.1) is 6.07 Å². The second kappa shape index (κ2) is 3.46. The van der Waals surface area contributed by atoms with Gasteiger partial charge in [0.25, 0.3) is 0 Å². The molecule has 77 valence electrons. The van der Waals surface area contributed by atoms with E-state index in [9.17, 15) is 13.2 Å². The van der Waals surface area contributed by atoms with Crippen molar-refractivity contribution >= 4 is 10.8 Å². The first kappa shape index (κ1) is 9.83. The van der Waals surface area contributed by atoms with Gasteiger partial charge in [-0.05, 0) is 35.0 Å². The molecule has 1 radical (unpaired) electrons. The van der Waals surface area contributed by atoms with Gasteiger partial charge in [-0.25, -0.2) is 0 Å². The zero-order valence-electron chi connectivity index (χ0n) is 7.51. The molecule has 2 aromatic rings. The van der Waals surface area contributed by atoms with E-state index in [2.05, 4.69) is 10.8 Å². The van der Waals surface area contributed by atoms with Gasteiger partial charge < -0.3 is 4.74 Å². The second-order valence-corrected chi connectivity index (χ2v) is 2.98. The first-order valence-electron chi connectivity index (χ1n) is 4.20. The fourth-order valence-corrected chi connectivity index (χ4v) is 1.30. The highest BCUT2D eigenvalue weighted by molar-refractivity contribution is 5.83. The number of alkyl halides is 3. The molecule has 0 amide bonds. The maximum Gasteiger partial charge on any atom is 0.573 e. The maximum absolute atomic E-state index is 11.9. The molecule has 0 unspecified atom stereocenters. The lowest BCUT2D eigenvalue weighted by atomic mass is 10.1. The van der Waals surface area contributed by atoms with Crippen LogP contribution in [0.2, 0.25) is 0 Å². The number of hydrogen-bond donors (Lipinski definition) is 0. The minimum Gasteiger partial charge on any atom is -0.406 e. The van der Waals surface area contributed by atoms with Crippen LogP contribution in [0.4, 0.5) is 13.2 Å². The van der Waals surface area contributed by atoms with E-state index in [1.807, 2.05) is 0 Å². The van der Waals surface area contributed by atoms with Gasteiger partial charge in [-0.2, -0.15) is 0 Å². The molecule has 15 heavy (non-hydrogen) atoms. The van der Waals surface area contributed by atoms with E-state index < -0.39 is 6.36 Å². The lowest BCUT2D eigenvalue weighted by molar-refractivity contribution is -0.274. The molecule has 0 saturated heterocycles. The van der Waals surface area contributed by atoms with Crippen LogP contribution in [0.1, 0.15) is 0 Å². The van der Waals surface area contributed by atoms with E-state index in [1.165, 1.54) is 12.1 Å². The number of ether oxygens (including phenoxy) is 1. The molecule has 0 fully saturated rings. The summed E-state index contributed by atoms with van der Waals surface area (Å²) in [6.45, 7) is 0. The largest absolute Gasteiger partial charge is 0.573 e. The van der Waals surface area contributed by atoms with Crippen molar-refractivity contribution in [2.45, 2.75) is 6.36 Å². The van der Waals surface area contributed by atoms with Crippen LogP contribution >= 0.6 is 0 Å². The number of rotatable bonds is 1. The van der Waals surface area contributed by atoms with Crippen molar-refractivity contribution in [2.75, 3.05) is 0 Å². The molecule has 0 saturated carbocycles. The second-order valence-electron chi connectivity index (χ2n) is 2.98. The quantitative estimate of drug-likeness (QED) is 0.701. The van der Waals surface area contributed by atoms with E-state index in [1.54, 1.807) is 24.3 Å². The highest BCUT2D eigenvalue weighted by atomic mass is 19.4. The zero-order valence-corrected chi connectivity index (χ0v) is 7.51. The Hall–Kier alpha value is -1.71. The Morgan fingerprint density at radius 3 is 2.60 bits per heavy atom. The van der Waals surface area contributed by atoms with Crippen LogP contribution in [0.5, 0.6) is 5.75 Å². The van der Waals surface area contributed by atoms with E-state index in [-0.39, 0.29) is 5.75 Å². The summed E-state index contributed by atoms with van der Waals surface area (Å²) in [5.74, 6) is -0.213. The van der Waals surface area contributed by atoms with Crippen LogP contribution in [0.25, 0.3) is 10.8 Å². The summed E-state index contributed by atoms with van der Waals surface area (Å²) < 4.78 is 39.5. The van der Waals surface area contributed by atoms with Gasteiger partial charge >= 0.3 is 6.36 Å². The Morgan fingerprint density at radius 2 is 1.87 bits per heavy atom. The molecule has 2 aromatic carbocycles. The Morgan fingerprint density at radius 1 is 1.07 bits per heavy atom. The van der Waals surface area contributed by atoms with E-state index in [4.69, 9.17) is 0 Å². The molecule has 2 rings (SSSR count). The van der Waals surface area contributed by atoms with Crippen molar-refractivity contribution in [3.05, 3.63) is 42.5 Å². The van der Waals surface area contributed by atoms with Crippen molar-refractivity contribution in [1.82, 2.24) is 0 Å². The summed E-state index contributed by atoms with van der Waals surface area (Å²) in [7, 11) is 0. The molecule has 0 aliphatic rings. The normalized spacial score (nSPS) is 11.7. The standard InChI is InChI=1S/C11H6F3O/c12-11(13,14)15-10-6-5-8-3-1-2-4-9(8)7-10/h1,3-7H. The highest BCUT2D eigenvalue weighted by Gasteiger charge is 2.30. The third-order valence-electron chi connectivity index (χ3n) is 1.89. The molecule has 0 aromatic heterocycles. The molecular weight excluding hydrogens is 205 g/mol. The SMILES string of the molecule is FC(F)(F)Oc1ccc2cc[c]cc2c1. The first-order valence-corrected chi connectivity index (χ1v) is 4.20. The van der Waals surface area contributed by atoms with Crippen LogP contribution in [0.3, 0.4) is 0 Å². The van der Waals surface area contributed by atoms with Crippen molar-refractivity contribution < 1.29 is 17.9 Å². The van der Waals surface area contributed by atoms with Gasteiger partial charge in [-0.3, -0.25) is 0 Å². The van der Waals surface area contributed by atoms with Crippen molar-refractivity contribution in [3.63, 3.8) is 0 Å². The molecule has 0 bridgehead atoms. The lowest BCUT2D eigenvalue weighted by Crippen LogP contribution is -2.16. The molecule has 4 heteroatoms. The molecule has 0 aliphatic carbocycles. The van der Waals surface area contributed by atoms with Gasteiger partial charge in [-0.1, -0.05) is 18.2 Å². The number of hydrogen-bond acceptors (Lipinski definition) is 1. The van der Waals surface area contributed by atoms with Crippen molar-refractivity contribution in [1.29, 1.82) is 0 Å². The highest BCUT2D eigenvalue weighted by Crippen LogP contribution is 2.26. The third kappa shape index (κ3) is 2.40. The van der Waals surface area contributed by atoms with Gasteiger partial charge in [0.2, 0.25) is 0 Å². The molecule has 1 nitrogen and oxygen atoms in total. The Kier molecular flexibility index (Phi) is 2.26. The molecule has 0 spiro atoms. The van der Waals surface area contributed by atoms with Crippen LogP contribution in [-0.4, -0.2) is 6.36 Å². The Bertz CT molecular complexity index is 476. The van der Waals surface area contributed by atoms with Gasteiger partial charge in [0.1, 0.15) is 5.75 Å². The smallest absolute Gasteiger partial charge is 0.406 e. The van der Waals surface area contributed by atoms with Crippen LogP contribution in [0.15, 0.2) is 36.4 Å². The molecule has 0 N–H and O–H groups in total. The maximum atomic E-state index is 11.9. The fraction of sp³-hybridized carbons (Fsp3) is 0.0909. The summed E-state index contributed by atoms with van der Waals surface area (Å²) in [5.41, 5.74) is 0. The number of halogens is 3. The lowest BCUT2D eigenvalue weighted by Gasteiger charge is -2.09. The minimum atomic E-state index is -4.65. The summed E-state index contributed by atoms with van der Waals surface area (Å²) in [6, 6.07) is 12.1. The monoisotopic (exact) mass is 211 g/mol. The predicted molar refractivity (Wildman–Crippen MR) is 49.5 cm³/mol. The van der Waals surface area contributed by atoms with E-state index >= 15 is 0 Å². The van der Waals surface area contributed by atoms with Crippen LogP contribution in [-0.2, 0) is 0 Å². The van der Waals surface area contributed by atoms with Gasteiger partial charge in [0.15, 0.2) is 0 Å². The van der Waals surface area contributed by atoms with Crippen LogP contribution < -0.4 is 4.74 Å². The minimum absolute atomic E-state index is 0.213. The molecule has 0 atom stereocenters. The first-order chi connectivity index (χ1) is 7.04. The fourth-order valence-electron chi connectivity index (χ4n) is 1.30. The molecular formula is C11H6F3O. The zero-order chi connectivity index (χ0) is 10.9. The Labute approximate surface area is 84.1 Å². The average molecular weight is 211 g/mol. The van der Waals surface area contributed by atoms with Gasteiger partial charge in [0.05, 0.1) is 0 Å². The number of benzene rings is 2. The van der Waals surface area contributed by atoms with Crippen molar-refractivity contribution in [3.8, 4) is 5.75 Å². The molecule has 0 heterocycles. The number of fused-ring (bicyclic) bond motifs is 1. The predicted octanol–water partition coefficient (Wildman–Crippen LogP) is 3.54. The summed E-state index contributed by atoms with van der Waals surface area (Å²) in [4.78, 5) is 0. The summed E-state index contributed by atoms with van der Waals surface area (Å²) >= 11 is 0. The summed E-state index contributed by atoms with van der Waals surface area (Å²) in [5, 5.41) is 1.52. The Balaban J connectivity index is 2.39. The van der Waals surface area contributed by atoms with Crippen molar-refractivity contribution in [2.24, 2.45) is 0 Å². The average Bonchev–Trinajstić information content (AvgIpc) is 2.15. The summed E-state index contributed by atoms with van der Waals surface area (Å²) in [6.07, 6.45) is -4.65. The molecule has 0 aliphatic heterocycles. The van der Waals surface area contributed by atoms with E-state index in [0.29, 0.717) is 5.39 Å². The van der Waals surface area contributed by atoms with Gasteiger partial charge in [-0.15, -0.1) is 13.2 Å². The third-order valence-corrected chi connectivity index (χ3v) is 1.89. The topological polar surface area (TPSA) is 9.23 Å².